The molecular weight excluding hydrogens is 298 g/mol. The van der Waals surface area contributed by atoms with Crippen LogP contribution in [0.5, 0.6) is 5.75 Å². The van der Waals surface area contributed by atoms with Crippen LogP contribution in [0.15, 0.2) is 41.0 Å². The van der Waals surface area contributed by atoms with Gasteiger partial charge in [0.05, 0.1) is 25.0 Å². The first kappa shape index (κ1) is 16.6. The Hall–Kier alpha value is -2.76. The van der Waals surface area contributed by atoms with Crippen LogP contribution < -0.4 is 10.1 Å². The Labute approximate surface area is 134 Å². The number of ether oxygens (including phenoxy) is 2. The van der Waals surface area contributed by atoms with E-state index in [-0.39, 0.29) is 12.6 Å². The maximum atomic E-state index is 12.0. The number of aryl methyl sites for hydroxylation is 1. The van der Waals surface area contributed by atoms with Crippen molar-refractivity contribution in [3.63, 3.8) is 0 Å². The Morgan fingerprint density at radius 1 is 1.30 bits per heavy atom. The molecule has 122 valence electrons. The highest BCUT2D eigenvalue weighted by atomic mass is 16.5. The van der Waals surface area contributed by atoms with E-state index in [0.29, 0.717) is 17.1 Å². The molecule has 1 heterocycles. The maximum Gasteiger partial charge on any atom is 0.338 e. The second-order valence-corrected chi connectivity index (χ2v) is 5.07. The van der Waals surface area contributed by atoms with E-state index in [1.54, 1.807) is 37.3 Å². The molecule has 1 amide bonds. The fourth-order valence-electron chi connectivity index (χ4n) is 2.05. The molecule has 2 aromatic rings. The van der Waals surface area contributed by atoms with Crippen LogP contribution in [0.1, 0.15) is 34.6 Å². The van der Waals surface area contributed by atoms with Gasteiger partial charge in [0, 0.05) is 0 Å². The molecule has 0 spiro atoms. The predicted octanol–water partition coefficient (Wildman–Crippen LogP) is 2.63. The van der Waals surface area contributed by atoms with Crippen LogP contribution in [-0.2, 0) is 9.53 Å². The fourth-order valence-corrected chi connectivity index (χ4v) is 2.05. The number of methoxy groups -OCH3 is 1. The summed E-state index contributed by atoms with van der Waals surface area (Å²) in [5.41, 5.74) is 1.24. The van der Waals surface area contributed by atoms with Crippen LogP contribution in [0, 0.1) is 6.92 Å². The van der Waals surface area contributed by atoms with Gasteiger partial charge in [-0.25, -0.2) is 4.79 Å². The SMILES string of the molecule is COc1cc(C(=O)OCC(=O)N[C@@H](C)c2ccco2)ccc1C. The number of hydrogen-bond donors (Lipinski definition) is 1. The smallest absolute Gasteiger partial charge is 0.338 e. The van der Waals surface area contributed by atoms with Crippen molar-refractivity contribution in [2.45, 2.75) is 19.9 Å². The lowest BCUT2D eigenvalue weighted by Gasteiger charge is -2.12. The highest BCUT2D eigenvalue weighted by Crippen LogP contribution is 2.19. The van der Waals surface area contributed by atoms with Crippen molar-refractivity contribution in [3.8, 4) is 5.75 Å². The minimum absolute atomic E-state index is 0.296. The standard InChI is InChI=1S/C17H19NO5/c1-11-6-7-13(9-15(11)21-3)17(20)23-10-16(19)18-12(2)14-5-4-8-22-14/h4-9,12H,10H2,1-3H3,(H,18,19)/t12-/m0/s1. The minimum Gasteiger partial charge on any atom is -0.496 e. The molecule has 1 aromatic carbocycles. The van der Waals surface area contributed by atoms with Crippen LogP contribution in [-0.4, -0.2) is 25.6 Å². The van der Waals surface area contributed by atoms with Crippen molar-refractivity contribution >= 4 is 11.9 Å². The first-order valence-electron chi connectivity index (χ1n) is 7.15. The molecule has 0 saturated heterocycles. The van der Waals surface area contributed by atoms with E-state index in [1.165, 1.54) is 13.4 Å². The zero-order chi connectivity index (χ0) is 16.8. The molecule has 23 heavy (non-hydrogen) atoms. The van der Waals surface area contributed by atoms with Gasteiger partial charge >= 0.3 is 5.97 Å². The molecule has 1 N–H and O–H groups in total. The third-order valence-corrected chi connectivity index (χ3v) is 3.33. The molecule has 0 saturated carbocycles. The third-order valence-electron chi connectivity index (χ3n) is 3.33. The van der Waals surface area contributed by atoms with Gasteiger partial charge in [0.1, 0.15) is 11.5 Å². The third kappa shape index (κ3) is 4.35. The van der Waals surface area contributed by atoms with Crippen LogP contribution in [0.4, 0.5) is 0 Å². The summed E-state index contributed by atoms with van der Waals surface area (Å²) in [5.74, 6) is 0.244. The fraction of sp³-hybridized carbons (Fsp3) is 0.294. The monoisotopic (exact) mass is 317 g/mol. The van der Waals surface area contributed by atoms with Crippen LogP contribution in [0.3, 0.4) is 0 Å². The number of carbonyl (C=O) groups excluding carboxylic acids is 2. The Bertz CT molecular complexity index is 678. The Balaban J connectivity index is 1.87. The first-order valence-corrected chi connectivity index (χ1v) is 7.15. The number of rotatable bonds is 6. The van der Waals surface area contributed by atoms with E-state index in [1.807, 2.05) is 6.92 Å². The van der Waals surface area contributed by atoms with Crippen molar-refractivity contribution < 1.29 is 23.5 Å². The van der Waals surface area contributed by atoms with E-state index in [9.17, 15) is 9.59 Å². The average Bonchev–Trinajstić information content (AvgIpc) is 3.07. The first-order chi connectivity index (χ1) is 11.0. The van der Waals surface area contributed by atoms with E-state index in [4.69, 9.17) is 13.9 Å². The van der Waals surface area contributed by atoms with E-state index >= 15 is 0 Å². The van der Waals surface area contributed by atoms with Gasteiger partial charge in [-0.2, -0.15) is 0 Å². The lowest BCUT2D eigenvalue weighted by atomic mass is 10.1. The normalized spacial score (nSPS) is 11.6. The van der Waals surface area contributed by atoms with Crippen LogP contribution in [0.25, 0.3) is 0 Å². The molecule has 6 nitrogen and oxygen atoms in total. The summed E-state index contributed by atoms with van der Waals surface area (Å²) >= 11 is 0. The number of furan rings is 1. The summed E-state index contributed by atoms with van der Waals surface area (Å²) < 4.78 is 15.4. The van der Waals surface area contributed by atoms with E-state index < -0.39 is 11.9 Å². The van der Waals surface area contributed by atoms with Gasteiger partial charge in [-0.1, -0.05) is 6.07 Å². The number of benzene rings is 1. The van der Waals surface area contributed by atoms with Crippen LogP contribution in [0.2, 0.25) is 0 Å². The second kappa shape index (κ2) is 7.49. The number of hydrogen-bond acceptors (Lipinski definition) is 5. The zero-order valence-electron chi connectivity index (χ0n) is 13.3. The minimum atomic E-state index is -0.580. The Kier molecular flexibility index (Phi) is 5.41. The Morgan fingerprint density at radius 2 is 2.09 bits per heavy atom. The van der Waals surface area contributed by atoms with Crippen molar-refractivity contribution in [1.82, 2.24) is 5.32 Å². The molecule has 0 aliphatic heterocycles. The highest BCUT2D eigenvalue weighted by Gasteiger charge is 2.15. The summed E-state index contributed by atoms with van der Waals surface area (Å²) in [6, 6.07) is 8.17. The van der Waals surface area contributed by atoms with Gasteiger partial charge < -0.3 is 19.2 Å². The lowest BCUT2D eigenvalue weighted by molar-refractivity contribution is -0.125. The molecule has 0 aliphatic rings. The summed E-state index contributed by atoms with van der Waals surface area (Å²) in [5, 5.41) is 2.69. The largest absolute Gasteiger partial charge is 0.496 e. The van der Waals surface area contributed by atoms with Crippen molar-refractivity contribution in [2.24, 2.45) is 0 Å². The number of amides is 1. The van der Waals surface area contributed by atoms with Gasteiger partial charge in [-0.05, 0) is 43.7 Å². The molecule has 2 rings (SSSR count). The van der Waals surface area contributed by atoms with Gasteiger partial charge in [0.2, 0.25) is 0 Å². The summed E-state index contributed by atoms with van der Waals surface area (Å²) in [4.78, 5) is 23.8. The second-order valence-electron chi connectivity index (χ2n) is 5.07. The molecule has 0 aliphatic carbocycles. The van der Waals surface area contributed by atoms with Gasteiger partial charge in [0.25, 0.3) is 5.91 Å². The van der Waals surface area contributed by atoms with Crippen molar-refractivity contribution in [2.75, 3.05) is 13.7 Å². The number of nitrogens with one attached hydrogen (secondary N) is 1. The number of esters is 1. The molecule has 1 aromatic heterocycles. The summed E-state index contributed by atoms with van der Waals surface area (Å²) in [7, 11) is 1.53. The molecule has 0 fully saturated rings. The average molecular weight is 317 g/mol. The molecule has 0 radical (unpaired) electrons. The van der Waals surface area contributed by atoms with Crippen LogP contribution >= 0.6 is 0 Å². The zero-order valence-corrected chi connectivity index (χ0v) is 13.3. The molecular formula is C17H19NO5. The maximum absolute atomic E-state index is 12.0. The lowest BCUT2D eigenvalue weighted by Crippen LogP contribution is -2.31. The van der Waals surface area contributed by atoms with Crippen molar-refractivity contribution in [3.05, 3.63) is 53.5 Å². The molecule has 1 atom stereocenters. The van der Waals surface area contributed by atoms with Gasteiger partial charge in [-0.15, -0.1) is 0 Å². The van der Waals surface area contributed by atoms with Gasteiger partial charge in [0.15, 0.2) is 6.61 Å². The summed E-state index contributed by atoms with van der Waals surface area (Å²) in [6.07, 6.45) is 1.53. The van der Waals surface area contributed by atoms with Crippen molar-refractivity contribution in [1.29, 1.82) is 0 Å². The quantitative estimate of drug-likeness (QED) is 0.829. The summed E-state index contributed by atoms with van der Waals surface area (Å²) in [6.45, 7) is 3.29. The highest BCUT2D eigenvalue weighted by molar-refractivity contribution is 5.91. The predicted molar refractivity (Wildman–Crippen MR) is 83.3 cm³/mol. The van der Waals surface area contributed by atoms with Gasteiger partial charge in [-0.3, -0.25) is 4.79 Å². The molecule has 0 unspecified atom stereocenters. The Morgan fingerprint density at radius 3 is 2.74 bits per heavy atom. The number of carbonyl (C=O) groups is 2. The van der Waals surface area contributed by atoms with E-state index in [0.717, 1.165) is 5.56 Å². The van der Waals surface area contributed by atoms with E-state index in [2.05, 4.69) is 5.32 Å². The molecule has 6 heteroatoms. The molecule has 0 bridgehead atoms. The topological polar surface area (TPSA) is 77.8 Å².